The lowest BCUT2D eigenvalue weighted by Gasteiger charge is -2.13. The smallest absolute Gasteiger partial charge is 0.0158 e. The van der Waals surface area contributed by atoms with Crippen molar-refractivity contribution in [3.8, 4) is 0 Å². The van der Waals surface area contributed by atoms with Crippen LogP contribution in [0.5, 0.6) is 0 Å². The predicted octanol–water partition coefficient (Wildman–Crippen LogP) is 2.29. The quantitative estimate of drug-likeness (QED) is 0.619. The summed E-state index contributed by atoms with van der Waals surface area (Å²) in [5.74, 6) is 1.22. The van der Waals surface area contributed by atoms with Crippen LogP contribution in [0.25, 0.3) is 0 Å². The molecule has 2 heteroatoms. The molecule has 0 aliphatic heterocycles. The van der Waals surface area contributed by atoms with Gasteiger partial charge in [0.05, 0.1) is 0 Å². The third-order valence-electron chi connectivity index (χ3n) is 1.62. The zero-order valence-corrected chi connectivity index (χ0v) is 8.58. The first kappa shape index (κ1) is 11.1. The van der Waals surface area contributed by atoms with E-state index in [1.807, 2.05) is 11.8 Å². The second-order valence-corrected chi connectivity index (χ2v) is 3.45. The summed E-state index contributed by atoms with van der Waals surface area (Å²) in [6.07, 6.45) is 7.61. The highest BCUT2D eigenvalue weighted by molar-refractivity contribution is 7.98. The first-order valence-corrected chi connectivity index (χ1v) is 5.58. The van der Waals surface area contributed by atoms with Crippen molar-refractivity contribution in [2.45, 2.75) is 26.3 Å². The highest BCUT2D eigenvalue weighted by Gasteiger charge is 2.00. The molecule has 0 saturated heterocycles. The molecule has 1 N–H and O–H groups in total. The van der Waals surface area contributed by atoms with Gasteiger partial charge in [-0.25, -0.2) is 0 Å². The molecule has 0 radical (unpaired) electrons. The van der Waals surface area contributed by atoms with Gasteiger partial charge in [-0.2, -0.15) is 11.8 Å². The molecule has 0 spiro atoms. The van der Waals surface area contributed by atoms with Gasteiger partial charge in [-0.1, -0.05) is 19.1 Å². The van der Waals surface area contributed by atoms with Gasteiger partial charge in [-0.3, -0.25) is 0 Å². The SMILES string of the molecule is C/C=C/CNC(CC)CSC. The standard InChI is InChI=1S/C9H19NS/c1-4-6-7-10-9(5-2)8-11-3/h4,6,9-10H,5,7-8H2,1-3H3/b6-4+. The van der Waals surface area contributed by atoms with Crippen LogP contribution >= 0.6 is 11.8 Å². The summed E-state index contributed by atoms with van der Waals surface area (Å²) < 4.78 is 0. The average Bonchev–Trinajstić information content (AvgIpc) is 2.03. The van der Waals surface area contributed by atoms with Gasteiger partial charge < -0.3 is 5.32 Å². The maximum atomic E-state index is 3.46. The molecule has 0 bridgehead atoms. The van der Waals surface area contributed by atoms with Crippen LogP contribution in [0.4, 0.5) is 0 Å². The molecule has 1 nitrogen and oxygen atoms in total. The molecule has 0 aromatic carbocycles. The predicted molar refractivity (Wildman–Crippen MR) is 55.3 cm³/mol. The molecule has 0 aliphatic carbocycles. The minimum absolute atomic E-state index is 0.682. The Morgan fingerprint density at radius 3 is 2.73 bits per heavy atom. The summed E-state index contributed by atoms with van der Waals surface area (Å²) in [5, 5.41) is 3.46. The fourth-order valence-electron chi connectivity index (χ4n) is 0.875. The maximum absolute atomic E-state index is 3.46. The van der Waals surface area contributed by atoms with E-state index in [-0.39, 0.29) is 0 Å². The van der Waals surface area contributed by atoms with Crippen molar-refractivity contribution in [1.82, 2.24) is 5.32 Å². The van der Waals surface area contributed by atoms with E-state index in [4.69, 9.17) is 0 Å². The van der Waals surface area contributed by atoms with Gasteiger partial charge in [0.15, 0.2) is 0 Å². The Bertz CT molecular complexity index is 102. The van der Waals surface area contributed by atoms with Crippen LogP contribution in [0, 0.1) is 0 Å². The zero-order chi connectivity index (χ0) is 8.53. The fourth-order valence-corrected chi connectivity index (χ4v) is 1.63. The minimum atomic E-state index is 0.682. The summed E-state index contributed by atoms with van der Waals surface area (Å²) in [6, 6.07) is 0.682. The third kappa shape index (κ3) is 6.45. The van der Waals surface area contributed by atoms with Crippen LogP contribution in [0.1, 0.15) is 20.3 Å². The van der Waals surface area contributed by atoms with Crippen molar-refractivity contribution in [2.75, 3.05) is 18.6 Å². The van der Waals surface area contributed by atoms with E-state index in [9.17, 15) is 0 Å². The summed E-state index contributed by atoms with van der Waals surface area (Å²) in [6.45, 7) is 5.29. The van der Waals surface area contributed by atoms with Gasteiger partial charge >= 0.3 is 0 Å². The van der Waals surface area contributed by atoms with Gasteiger partial charge in [0, 0.05) is 18.3 Å². The molecule has 0 aromatic rings. The molecule has 0 rings (SSSR count). The van der Waals surface area contributed by atoms with Crippen LogP contribution in [-0.4, -0.2) is 24.6 Å². The lowest BCUT2D eigenvalue weighted by atomic mass is 10.2. The fraction of sp³-hybridized carbons (Fsp3) is 0.778. The first-order chi connectivity index (χ1) is 5.35. The van der Waals surface area contributed by atoms with E-state index >= 15 is 0 Å². The van der Waals surface area contributed by atoms with Gasteiger partial charge in [-0.15, -0.1) is 0 Å². The Balaban J connectivity index is 3.35. The van der Waals surface area contributed by atoms with Gasteiger partial charge in [0.1, 0.15) is 0 Å². The Labute approximate surface area is 74.6 Å². The van der Waals surface area contributed by atoms with Gasteiger partial charge in [0.2, 0.25) is 0 Å². The van der Waals surface area contributed by atoms with Crippen LogP contribution in [0.2, 0.25) is 0 Å². The van der Waals surface area contributed by atoms with Crippen molar-refractivity contribution >= 4 is 11.8 Å². The average molecular weight is 173 g/mol. The molecular weight excluding hydrogens is 154 g/mol. The van der Waals surface area contributed by atoms with Crippen LogP contribution in [0.15, 0.2) is 12.2 Å². The molecule has 1 atom stereocenters. The molecule has 0 amide bonds. The molecular formula is C9H19NS. The summed E-state index contributed by atoms with van der Waals surface area (Å²) in [7, 11) is 0. The Hall–Kier alpha value is 0.0500. The van der Waals surface area contributed by atoms with E-state index in [1.54, 1.807) is 0 Å². The number of hydrogen-bond acceptors (Lipinski definition) is 2. The molecule has 0 fully saturated rings. The Morgan fingerprint density at radius 1 is 1.55 bits per heavy atom. The second-order valence-electron chi connectivity index (χ2n) is 2.54. The van der Waals surface area contributed by atoms with E-state index in [2.05, 4.69) is 37.6 Å². The normalized spacial score (nSPS) is 14.1. The number of hydrogen-bond donors (Lipinski definition) is 1. The largest absolute Gasteiger partial charge is 0.310 e. The second kappa shape index (κ2) is 8.15. The summed E-state index contributed by atoms with van der Waals surface area (Å²) in [5.41, 5.74) is 0. The molecule has 0 aliphatic rings. The zero-order valence-electron chi connectivity index (χ0n) is 7.76. The van der Waals surface area contributed by atoms with Crippen molar-refractivity contribution in [2.24, 2.45) is 0 Å². The highest BCUT2D eigenvalue weighted by Crippen LogP contribution is 2.00. The topological polar surface area (TPSA) is 12.0 Å². The molecule has 0 aromatic heterocycles. The van der Waals surface area contributed by atoms with Gasteiger partial charge in [0.25, 0.3) is 0 Å². The Morgan fingerprint density at radius 2 is 2.27 bits per heavy atom. The molecule has 0 saturated carbocycles. The van der Waals surface area contributed by atoms with E-state index in [1.165, 1.54) is 12.2 Å². The summed E-state index contributed by atoms with van der Waals surface area (Å²) >= 11 is 1.91. The molecule has 1 unspecified atom stereocenters. The van der Waals surface area contributed by atoms with Crippen molar-refractivity contribution in [3.63, 3.8) is 0 Å². The maximum Gasteiger partial charge on any atom is 0.0158 e. The molecule has 11 heavy (non-hydrogen) atoms. The first-order valence-electron chi connectivity index (χ1n) is 4.18. The van der Waals surface area contributed by atoms with Crippen molar-refractivity contribution < 1.29 is 0 Å². The lowest BCUT2D eigenvalue weighted by Crippen LogP contribution is -2.30. The van der Waals surface area contributed by atoms with E-state index in [0.29, 0.717) is 6.04 Å². The lowest BCUT2D eigenvalue weighted by molar-refractivity contribution is 0.575. The van der Waals surface area contributed by atoms with Crippen molar-refractivity contribution in [1.29, 1.82) is 0 Å². The van der Waals surface area contributed by atoms with Gasteiger partial charge in [-0.05, 0) is 19.6 Å². The number of thioether (sulfide) groups is 1. The van der Waals surface area contributed by atoms with Crippen LogP contribution < -0.4 is 5.32 Å². The Kier molecular flexibility index (Phi) is 8.19. The van der Waals surface area contributed by atoms with Crippen LogP contribution in [0.3, 0.4) is 0 Å². The highest BCUT2D eigenvalue weighted by atomic mass is 32.2. The van der Waals surface area contributed by atoms with Crippen molar-refractivity contribution in [3.05, 3.63) is 12.2 Å². The minimum Gasteiger partial charge on any atom is -0.310 e. The van der Waals surface area contributed by atoms with E-state index < -0.39 is 0 Å². The molecule has 66 valence electrons. The monoisotopic (exact) mass is 173 g/mol. The molecule has 0 heterocycles. The summed E-state index contributed by atoms with van der Waals surface area (Å²) in [4.78, 5) is 0. The third-order valence-corrected chi connectivity index (χ3v) is 2.36. The number of allylic oxidation sites excluding steroid dienone is 1. The number of rotatable bonds is 6. The van der Waals surface area contributed by atoms with Crippen LogP contribution in [-0.2, 0) is 0 Å². The van der Waals surface area contributed by atoms with E-state index in [0.717, 1.165) is 6.54 Å². The number of nitrogens with one attached hydrogen (secondary N) is 1.